The van der Waals surface area contributed by atoms with Gasteiger partial charge >= 0.3 is 0 Å². The maximum Gasteiger partial charge on any atom is 0.241 e. The van der Waals surface area contributed by atoms with Gasteiger partial charge in [-0.2, -0.15) is 0 Å². The van der Waals surface area contributed by atoms with Gasteiger partial charge in [0, 0.05) is 12.7 Å². The number of nitrogens with one attached hydrogen (secondary N) is 1. The fourth-order valence-electron chi connectivity index (χ4n) is 1.14. The van der Waals surface area contributed by atoms with Crippen molar-refractivity contribution in [2.45, 2.75) is 24.7 Å². The van der Waals surface area contributed by atoms with Crippen molar-refractivity contribution in [1.82, 2.24) is 4.98 Å². The number of hydrogen-bond donors (Lipinski definition) is 2. The summed E-state index contributed by atoms with van der Waals surface area (Å²) in [5, 5.41) is 8.00. The van der Waals surface area contributed by atoms with Crippen LogP contribution in [0.5, 0.6) is 0 Å². The van der Waals surface area contributed by atoms with E-state index >= 15 is 0 Å². The normalized spacial score (nSPS) is 11.3. The molecular formula is C9H15N3O2S. The van der Waals surface area contributed by atoms with Gasteiger partial charge in [0.2, 0.25) is 10.0 Å². The lowest BCUT2D eigenvalue weighted by atomic mass is 10.3. The Morgan fingerprint density at radius 3 is 2.87 bits per heavy atom. The first-order valence-corrected chi connectivity index (χ1v) is 6.32. The van der Waals surface area contributed by atoms with E-state index in [1.165, 1.54) is 12.3 Å². The molecule has 0 unspecified atom stereocenters. The van der Waals surface area contributed by atoms with Crippen LogP contribution < -0.4 is 10.5 Å². The molecule has 0 fully saturated rings. The van der Waals surface area contributed by atoms with Gasteiger partial charge in [0.05, 0.1) is 0 Å². The molecule has 1 heterocycles. The molecule has 0 saturated heterocycles. The summed E-state index contributed by atoms with van der Waals surface area (Å²) in [6, 6.07) is 2.99. The van der Waals surface area contributed by atoms with Gasteiger partial charge in [0.25, 0.3) is 0 Å². The number of sulfonamides is 1. The molecule has 0 amide bonds. The second-order valence-corrected chi connectivity index (χ2v) is 4.71. The zero-order valence-corrected chi connectivity index (χ0v) is 9.42. The van der Waals surface area contributed by atoms with Crippen molar-refractivity contribution in [2.24, 2.45) is 5.14 Å². The summed E-state index contributed by atoms with van der Waals surface area (Å²) in [5.41, 5.74) is 0. The molecule has 0 aliphatic heterocycles. The zero-order chi connectivity index (χ0) is 11.3. The van der Waals surface area contributed by atoms with Gasteiger partial charge in [0.1, 0.15) is 10.7 Å². The van der Waals surface area contributed by atoms with Crippen LogP contribution in [0.4, 0.5) is 5.82 Å². The predicted octanol–water partition coefficient (Wildman–Crippen LogP) is 0.941. The van der Waals surface area contributed by atoms with Crippen LogP contribution in [0.25, 0.3) is 0 Å². The quantitative estimate of drug-likeness (QED) is 0.736. The highest BCUT2D eigenvalue weighted by atomic mass is 32.2. The standard InChI is InChI=1S/C9H15N3O2S/c1-2-3-6-11-9-8(15(10,13)14)5-4-7-12-9/h4-5,7H,2-3,6H2,1H3,(H,11,12)(H2,10,13,14). The smallest absolute Gasteiger partial charge is 0.241 e. The van der Waals surface area contributed by atoms with Crippen molar-refractivity contribution < 1.29 is 8.42 Å². The Bertz CT molecular complexity index is 417. The molecule has 0 saturated carbocycles. The summed E-state index contributed by atoms with van der Waals surface area (Å²) in [6.07, 6.45) is 3.52. The summed E-state index contributed by atoms with van der Waals surface area (Å²) >= 11 is 0. The Kier molecular flexibility index (Phi) is 4.05. The van der Waals surface area contributed by atoms with Crippen molar-refractivity contribution in [1.29, 1.82) is 0 Å². The molecule has 1 rings (SSSR count). The molecule has 3 N–H and O–H groups in total. The molecule has 0 aliphatic rings. The van der Waals surface area contributed by atoms with Crippen LogP contribution in [0, 0.1) is 0 Å². The van der Waals surface area contributed by atoms with Crippen molar-refractivity contribution in [3.8, 4) is 0 Å². The van der Waals surface area contributed by atoms with E-state index in [1.807, 2.05) is 0 Å². The first-order valence-electron chi connectivity index (χ1n) is 4.77. The lowest BCUT2D eigenvalue weighted by molar-refractivity contribution is 0.597. The second-order valence-electron chi connectivity index (χ2n) is 3.18. The topological polar surface area (TPSA) is 85.1 Å². The molecular weight excluding hydrogens is 214 g/mol. The highest BCUT2D eigenvalue weighted by molar-refractivity contribution is 7.89. The Morgan fingerprint density at radius 2 is 2.27 bits per heavy atom. The van der Waals surface area contributed by atoms with E-state index in [0.29, 0.717) is 12.4 Å². The number of primary sulfonamides is 1. The van der Waals surface area contributed by atoms with E-state index in [1.54, 1.807) is 6.07 Å². The van der Waals surface area contributed by atoms with Gasteiger partial charge in [-0.3, -0.25) is 0 Å². The van der Waals surface area contributed by atoms with Gasteiger partial charge in [-0.05, 0) is 18.6 Å². The summed E-state index contributed by atoms with van der Waals surface area (Å²) < 4.78 is 22.4. The molecule has 6 heteroatoms. The first kappa shape index (κ1) is 11.9. The average molecular weight is 229 g/mol. The molecule has 1 aromatic rings. The van der Waals surface area contributed by atoms with Crippen LogP contribution in [-0.4, -0.2) is 19.9 Å². The minimum Gasteiger partial charge on any atom is -0.369 e. The fourth-order valence-corrected chi connectivity index (χ4v) is 1.80. The van der Waals surface area contributed by atoms with E-state index in [-0.39, 0.29) is 4.90 Å². The van der Waals surface area contributed by atoms with Crippen molar-refractivity contribution in [3.05, 3.63) is 18.3 Å². The molecule has 0 atom stereocenters. The number of anilines is 1. The highest BCUT2D eigenvalue weighted by Gasteiger charge is 2.13. The van der Waals surface area contributed by atoms with Crippen LogP contribution in [0.3, 0.4) is 0 Å². The number of nitrogens with two attached hydrogens (primary N) is 1. The van der Waals surface area contributed by atoms with Crippen LogP contribution in [0.1, 0.15) is 19.8 Å². The van der Waals surface area contributed by atoms with Crippen molar-refractivity contribution in [2.75, 3.05) is 11.9 Å². The fraction of sp³-hybridized carbons (Fsp3) is 0.444. The molecule has 0 aliphatic carbocycles. The van der Waals surface area contributed by atoms with Crippen LogP contribution >= 0.6 is 0 Å². The molecule has 15 heavy (non-hydrogen) atoms. The number of rotatable bonds is 5. The molecule has 1 aromatic heterocycles. The largest absolute Gasteiger partial charge is 0.369 e. The van der Waals surface area contributed by atoms with E-state index in [2.05, 4.69) is 17.2 Å². The molecule has 0 aromatic carbocycles. The zero-order valence-electron chi connectivity index (χ0n) is 8.60. The highest BCUT2D eigenvalue weighted by Crippen LogP contribution is 2.15. The molecule has 5 nitrogen and oxygen atoms in total. The first-order chi connectivity index (χ1) is 7.05. The minimum absolute atomic E-state index is 0.0427. The Morgan fingerprint density at radius 1 is 1.53 bits per heavy atom. The number of unbranched alkanes of at least 4 members (excludes halogenated alkanes) is 1. The predicted molar refractivity (Wildman–Crippen MR) is 59.0 cm³/mol. The molecule has 84 valence electrons. The van der Waals surface area contributed by atoms with Crippen molar-refractivity contribution >= 4 is 15.8 Å². The minimum atomic E-state index is -3.70. The molecule has 0 radical (unpaired) electrons. The maximum absolute atomic E-state index is 11.2. The third kappa shape index (κ3) is 3.49. The molecule has 0 bridgehead atoms. The van der Waals surface area contributed by atoms with Crippen LogP contribution in [0.2, 0.25) is 0 Å². The third-order valence-electron chi connectivity index (χ3n) is 1.90. The van der Waals surface area contributed by atoms with Gasteiger partial charge in [-0.1, -0.05) is 13.3 Å². The summed E-state index contributed by atoms with van der Waals surface area (Å²) in [5.74, 6) is 0.327. The van der Waals surface area contributed by atoms with Gasteiger partial charge in [-0.25, -0.2) is 18.5 Å². The summed E-state index contributed by atoms with van der Waals surface area (Å²) in [7, 11) is -3.70. The maximum atomic E-state index is 11.2. The SMILES string of the molecule is CCCCNc1ncccc1S(N)(=O)=O. The summed E-state index contributed by atoms with van der Waals surface area (Å²) in [4.78, 5) is 3.99. The number of aromatic nitrogens is 1. The second kappa shape index (κ2) is 5.09. The van der Waals surface area contributed by atoms with Crippen LogP contribution in [-0.2, 0) is 10.0 Å². The van der Waals surface area contributed by atoms with Crippen LogP contribution in [0.15, 0.2) is 23.2 Å². The van der Waals surface area contributed by atoms with E-state index in [4.69, 9.17) is 5.14 Å². The Hall–Kier alpha value is -1.14. The monoisotopic (exact) mass is 229 g/mol. The number of nitrogens with zero attached hydrogens (tertiary/aromatic N) is 1. The summed E-state index contributed by atoms with van der Waals surface area (Å²) in [6.45, 7) is 2.75. The lowest BCUT2D eigenvalue weighted by Crippen LogP contribution is -2.16. The third-order valence-corrected chi connectivity index (χ3v) is 2.84. The van der Waals surface area contributed by atoms with Gasteiger partial charge in [0.15, 0.2) is 0 Å². The number of pyridine rings is 1. The van der Waals surface area contributed by atoms with E-state index < -0.39 is 10.0 Å². The number of hydrogen-bond acceptors (Lipinski definition) is 4. The lowest BCUT2D eigenvalue weighted by Gasteiger charge is -2.08. The van der Waals surface area contributed by atoms with E-state index in [0.717, 1.165) is 12.8 Å². The van der Waals surface area contributed by atoms with E-state index in [9.17, 15) is 8.42 Å². The van der Waals surface area contributed by atoms with Gasteiger partial charge in [-0.15, -0.1) is 0 Å². The average Bonchev–Trinajstić information content (AvgIpc) is 2.17. The Balaban J connectivity index is 2.88. The van der Waals surface area contributed by atoms with Crippen molar-refractivity contribution in [3.63, 3.8) is 0 Å². The van der Waals surface area contributed by atoms with Gasteiger partial charge < -0.3 is 5.32 Å². The Labute approximate surface area is 89.8 Å². The molecule has 0 spiro atoms.